The fourth-order valence-corrected chi connectivity index (χ4v) is 6.16. The molecule has 3 heterocycles. The Hall–Kier alpha value is -3.51. The molecule has 2 aliphatic heterocycles. The summed E-state index contributed by atoms with van der Waals surface area (Å²) in [5, 5.41) is 0.819. The molecule has 13 heteroatoms. The summed E-state index contributed by atoms with van der Waals surface area (Å²) >= 11 is 7.74. The van der Waals surface area contributed by atoms with Crippen LogP contribution in [-0.4, -0.2) is 66.0 Å². The molecule has 2 aromatic carbocycles. The quantitative estimate of drug-likeness (QED) is 0.223. The van der Waals surface area contributed by atoms with Gasteiger partial charge in [-0.15, -0.1) is 0 Å². The molecule has 42 heavy (non-hydrogen) atoms. The van der Waals surface area contributed by atoms with Crippen LogP contribution in [0, 0.1) is 5.92 Å². The predicted molar refractivity (Wildman–Crippen MR) is 157 cm³/mol. The lowest BCUT2D eigenvalue weighted by Crippen LogP contribution is -2.47. The Labute approximate surface area is 251 Å². The molecule has 0 spiro atoms. The average Bonchev–Trinajstić information content (AvgIpc) is 2.99. The lowest BCUT2D eigenvalue weighted by molar-refractivity contribution is -0.137. The third-order valence-corrected chi connectivity index (χ3v) is 8.67. The number of carbonyl (C=O) groups excluding carboxylic acids is 2. The van der Waals surface area contributed by atoms with Crippen LogP contribution in [0.1, 0.15) is 34.3 Å². The minimum Gasteiger partial charge on any atom is -0.369 e. The van der Waals surface area contributed by atoms with Crippen LogP contribution >= 0.6 is 23.4 Å². The summed E-state index contributed by atoms with van der Waals surface area (Å²) in [6.45, 7) is 3.25. The molecule has 0 atom stereocenters. The van der Waals surface area contributed by atoms with E-state index in [1.807, 2.05) is 21.9 Å². The maximum absolute atomic E-state index is 13.1. The SMILES string of the molecule is NC(=O)C1CCN(C(=O)c2ccc(CSc3nc(Cl)cc(N4CCN(c5cccc(C(F)(F)F)c5)CC4)n3)cc2)CC1. The number of amides is 2. The van der Waals surface area contributed by atoms with Gasteiger partial charge < -0.3 is 20.4 Å². The molecule has 0 aliphatic carbocycles. The molecule has 5 rings (SSSR count). The molecule has 2 amide bonds. The molecule has 2 fully saturated rings. The molecule has 3 aromatic rings. The summed E-state index contributed by atoms with van der Waals surface area (Å²) in [5.41, 5.74) is 6.85. The predicted octanol–water partition coefficient (Wildman–Crippen LogP) is 5.11. The minimum absolute atomic E-state index is 0.0620. The number of anilines is 2. The van der Waals surface area contributed by atoms with E-state index in [0.717, 1.165) is 11.6 Å². The van der Waals surface area contributed by atoms with Gasteiger partial charge in [-0.1, -0.05) is 41.6 Å². The number of rotatable bonds is 7. The Morgan fingerprint density at radius 1 is 0.929 bits per heavy atom. The molecule has 1 aromatic heterocycles. The number of piperazine rings is 1. The van der Waals surface area contributed by atoms with E-state index in [1.54, 1.807) is 29.2 Å². The number of alkyl halides is 3. The number of hydrogen-bond donors (Lipinski definition) is 1. The van der Waals surface area contributed by atoms with E-state index in [4.69, 9.17) is 17.3 Å². The first-order valence-corrected chi connectivity index (χ1v) is 15.0. The number of likely N-dealkylation sites (tertiary alicyclic amines) is 1. The zero-order valence-electron chi connectivity index (χ0n) is 22.7. The van der Waals surface area contributed by atoms with Gasteiger partial charge in [0, 0.05) is 68.3 Å². The minimum atomic E-state index is -4.38. The highest BCUT2D eigenvalue weighted by molar-refractivity contribution is 7.98. The molecular weight excluding hydrogens is 589 g/mol. The molecule has 0 bridgehead atoms. The van der Waals surface area contributed by atoms with E-state index in [1.165, 1.54) is 23.9 Å². The van der Waals surface area contributed by atoms with Crippen molar-refractivity contribution in [2.24, 2.45) is 11.7 Å². The average molecular weight is 619 g/mol. The second-order valence-corrected chi connectivity index (χ2v) is 11.6. The van der Waals surface area contributed by atoms with Crippen molar-refractivity contribution in [3.63, 3.8) is 0 Å². The Morgan fingerprint density at radius 2 is 1.60 bits per heavy atom. The van der Waals surface area contributed by atoms with Crippen molar-refractivity contribution >= 4 is 46.7 Å². The molecular formula is C29H30ClF3N6O2S. The third-order valence-electron chi connectivity index (χ3n) is 7.56. The second-order valence-electron chi connectivity index (χ2n) is 10.3. The Kier molecular flexibility index (Phi) is 9.12. The second kappa shape index (κ2) is 12.8. The van der Waals surface area contributed by atoms with E-state index in [9.17, 15) is 22.8 Å². The van der Waals surface area contributed by atoms with Gasteiger partial charge in [-0.3, -0.25) is 9.59 Å². The topological polar surface area (TPSA) is 95.7 Å². The normalized spacial score (nSPS) is 16.5. The van der Waals surface area contributed by atoms with E-state index < -0.39 is 11.7 Å². The van der Waals surface area contributed by atoms with Crippen LogP contribution < -0.4 is 15.5 Å². The van der Waals surface area contributed by atoms with Crippen molar-refractivity contribution in [1.82, 2.24) is 14.9 Å². The number of nitrogens with zero attached hydrogens (tertiary/aromatic N) is 5. The highest BCUT2D eigenvalue weighted by Crippen LogP contribution is 2.32. The van der Waals surface area contributed by atoms with Gasteiger partial charge in [-0.05, 0) is 48.7 Å². The van der Waals surface area contributed by atoms with Crippen molar-refractivity contribution in [2.45, 2.75) is 29.9 Å². The molecule has 2 N–H and O–H groups in total. The van der Waals surface area contributed by atoms with Crippen LogP contribution in [-0.2, 0) is 16.7 Å². The molecule has 2 aliphatic rings. The number of primary amides is 1. The van der Waals surface area contributed by atoms with Gasteiger partial charge in [0.1, 0.15) is 11.0 Å². The van der Waals surface area contributed by atoms with Crippen molar-refractivity contribution in [2.75, 3.05) is 49.1 Å². The molecule has 0 saturated carbocycles. The van der Waals surface area contributed by atoms with E-state index in [-0.39, 0.29) is 17.7 Å². The monoisotopic (exact) mass is 618 g/mol. The van der Waals surface area contributed by atoms with Crippen molar-refractivity contribution in [1.29, 1.82) is 0 Å². The summed E-state index contributed by atoms with van der Waals surface area (Å²) in [4.78, 5) is 39.0. The van der Waals surface area contributed by atoms with Gasteiger partial charge in [0.25, 0.3) is 5.91 Å². The van der Waals surface area contributed by atoms with E-state index >= 15 is 0 Å². The number of hydrogen-bond acceptors (Lipinski definition) is 7. The zero-order chi connectivity index (χ0) is 29.9. The van der Waals surface area contributed by atoms with Crippen LogP contribution in [0.5, 0.6) is 0 Å². The Morgan fingerprint density at radius 3 is 2.24 bits per heavy atom. The van der Waals surface area contributed by atoms with Gasteiger partial charge >= 0.3 is 6.18 Å². The molecule has 2 saturated heterocycles. The van der Waals surface area contributed by atoms with Gasteiger partial charge in [0.15, 0.2) is 5.16 Å². The van der Waals surface area contributed by atoms with Gasteiger partial charge in [-0.25, -0.2) is 9.97 Å². The standard InChI is InChI=1S/C29H30ClF3N6O2S/c30-24-17-25(38-14-12-37(13-15-38)23-3-1-2-22(16-23)29(31,32)33)36-28(35-24)42-18-19-4-6-21(7-5-19)27(41)39-10-8-20(9-11-39)26(34)40/h1-7,16-17,20H,8-15,18H2,(H2,34,40). The first kappa shape index (κ1) is 30.0. The number of halogens is 4. The molecule has 8 nitrogen and oxygen atoms in total. The first-order valence-electron chi connectivity index (χ1n) is 13.6. The number of carbonyl (C=O) groups is 2. The first-order chi connectivity index (χ1) is 20.1. The van der Waals surface area contributed by atoms with Crippen LogP contribution in [0.4, 0.5) is 24.7 Å². The molecule has 0 radical (unpaired) electrons. The van der Waals surface area contributed by atoms with E-state index in [2.05, 4.69) is 9.97 Å². The van der Waals surface area contributed by atoms with Crippen LogP contribution in [0.15, 0.2) is 59.8 Å². The largest absolute Gasteiger partial charge is 0.416 e. The van der Waals surface area contributed by atoms with E-state index in [0.29, 0.717) is 85.2 Å². The van der Waals surface area contributed by atoms with Crippen molar-refractivity contribution in [3.05, 3.63) is 76.4 Å². The van der Waals surface area contributed by atoms with Crippen LogP contribution in [0.2, 0.25) is 5.15 Å². The lowest BCUT2D eigenvalue weighted by atomic mass is 9.96. The van der Waals surface area contributed by atoms with Crippen molar-refractivity contribution in [3.8, 4) is 0 Å². The summed E-state index contributed by atoms with van der Waals surface area (Å²) in [6, 6.07) is 14.5. The molecule has 0 unspecified atom stereocenters. The summed E-state index contributed by atoms with van der Waals surface area (Å²) in [5.74, 6) is 0.699. The van der Waals surface area contributed by atoms with Gasteiger partial charge in [0.2, 0.25) is 5.91 Å². The van der Waals surface area contributed by atoms with Crippen LogP contribution in [0.3, 0.4) is 0 Å². The Bertz CT molecular complexity index is 1430. The fraction of sp³-hybridized carbons (Fsp3) is 0.379. The number of piperidine rings is 1. The number of aromatic nitrogens is 2. The zero-order valence-corrected chi connectivity index (χ0v) is 24.3. The highest BCUT2D eigenvalue weighted by Gasteiger charge is 2.31. The lowest BCUT2D eigenvalue weighted by Gasteiger charge is -2.37. The Balaban J connectivity index is 1.15. The third kappa shape index (κ3) is 7.27. The molecule has 222 valence electrons. The van der Waals surface area contributed by atoms with Gasteiger partial charge in [0.05, 0.1) is 5.56 Å². The summed E-state index contributed by atoms with van der Waals surface area (Å²) in [6.07, 6.45) is -3.21. The maximum atomic E-state index is 13.1. The highest BCUT2D eigenvalue weighted by atomic mass is 35.5. The number of thioether (sulfide) groups is 1. The fourth-order valence-electron chi connectivity index (χ4n) is 5.13. The number of benzene rings is 2. The van der Waals surface area contributed by atoms with Crippen LogP contribution in [0.25, 0.3) is 0 Å². The summed E-state index contributed by atoms with van der Waals surface area (Å²) in [7, 11) is 0. The summed E-state index contributed by atoms with van der Waals surface area (Å²) < 4.78 is 39.4. The van der Waals surface area contributed by atoms with Gasteiger partial charge in [-0.2, -0.15) is 13.2 Å². The van der Waals surface area contributed by atoms with Crippen molar-refractivity contribution < 1.29 is 22.8 Å². The smallest absolute Gasteiger partial charge is 0.369 e. The maximum Gasteiger partial charge on any atom is 0.416 e. The number of nitrogens with two attached hydrogens (primary N) is 1.